The highest BCUT2D eigenvalue weighted by atomic mass is 16.5. The van der Waals surface area contributed by atoms with E-state index >= 15 is 0 Å². The van der Waals surface area contributed by atoms with Crippen LogP contribution in [0.3, 0.4) is 0 Å². The van der Waals surface area contributed by atoms with Crippen molar-refractivity contribution in [2.75, 3.05) is 7.11 Å². The SMILES string of the molecule is COc1ccc(CC(=O)C2CC2c2ccccc2)cn1. The van der Waals surface area contributed by atoms with Crippen molar-refractivity contribution in [2.24, 2.45) is 5.92 Å². The number of Topliss-reactive ketones (excluding diaryl/α,β-unsaturated/α-hetero) is 1. The Morgan fingerprint density at radius 1 is 1.25 bits per heavy atom. The zero-order valence-corrected chi connectivity index (χ0v) is 11.5. The average molecular weight is 267 g/mol. The number of ether oxygens (including phenoxy) is 1. The first-order valence-corrected chi connectivity index (χ1v) is 6.84. The summed E-state index contributed by atoms with van der Waals surface area (Å²) in [4.78, 5) is 16.4. The van der Waals surface area contributed by atoms with E-state index in [-0.39, 0.29) is 5.92 Å². The number of aromatic nitrogens is 1. The van der Waals surface area contributed by atoms with E-state index in [9.17, 15) is 4.79 Å². The number of methoxy groups -OCH3 is 1. The Kier molecular flexibility index (Phi) is 3.50. The smallest absolute Gasteiger partial charge is 0.212 e. The zero-order chi connectivity index (χ0) is 13.9. The number of benzene rings is 1. The van der Waals surface area contributed by atoms with Crippen LogP contribution >= 0.6 is 0 Å². The maximum absolute atomic E-state index is 12.3. The molecule has 0 aliphatic heterocycles. The van der Waals surface area contributed by atoms with Gasteiger partial charge in [0, 0.05) is 24.6 Å². The van der Waals surface area contributed by atoms with Crippen LogP contribution in [0.2, 0.25) is 0 Å². The second-order valence-electron chi connectivity index (χ2n) is 5.21. The second-order valence-corrected chi connectivity index (χ2v) is 5.21. The van der Waals surface area contributed by atoms with Crippen LogP contribution in [-0.4, -0.2) is 17.9 Å². The maximum atomic E-state index is 12.3. The molecule has 0 saturated heterocycles. The molecule has 1 aliphatic rings. The van der Waals surface area contributed by atoms with Crippen LogP contribution in [0.15, 0.2) is 48.7 Å². The molecule has 0 amide bonds. The predicted molar refractivity (Wildman–Crippen MR) is 76.8 cm³/mol. The van der Waals surface area contributed by atoms with Gasteiger partial charge in [0.05, 0.1) is 7.11 Å². The lowest BCUT2D eigenvalue weighted by Gasteiger charge is -2.03. The number of pyridine rings is 1. The van der Waals surface area contributed by atoms with E-state index in [4.69, 9.17) is 4.74 Å². The lowest BCUT2D eigenvalue weighted by atomic mass is 10.0. The zero-order valence-electron chi connectivity index (χ0n) is 11.5. The number of ketones is 1. The van der Waals surface area contributed by atoms with Crippen LogP contribution in [0, 0.1) is 5.92 Å². The molecule has 3 rings (SSSR count). The summed E-state index contributed by atoms with van der Waals surface area (Å²) < 4.78 is 5.01. The van der Waals surface area contributed by atoms with E-state index in [1.54, 1.807) is 19.4 Å². The number of rotatable bonds is 5. The molecule has 1 fully saturated rings. The predicted octanol–water partition coefficient (Wildman–Crippen LogP) is 3.01. The van der Waals surface area contributed by atoms with Gasteiger partial charge in [0.15, 0.2) is 0 Å². The number of hydrogen-bond donors (Lipinski definition) is 0. The summed E-state index contributed by atoms with van der Waals surface area (Å²) in [6.45, 7) is 0. The summed E-state index contributed by atoms with van der Waals surface area (Å²) in [6, 6.07) is 14.0. The third-order valence-corrected chi connectivity index (χ3v) is 3.82. The van der Waals surface area contributed by atoms with E-state index in [1.807, 2.05) is 24.3 Å². The monoisotopic (exact) mass is 267 g/mol. The highest BCUT2D eigenvalue weighted by molar-refractivity contribution is 5.86. The molecule has 3 heteroatoms. The molecule has 2 unspecified atom stereocenters. The van der Waals surface area contributed by atoms with Gasteiger partial charge in [-0.05, 0) is 23.5 Å². The Balaban J connectivity index is 1.61. The van der Waals surface area contributed by atoms with Gasteiger partial charge < -0.3 is 4.74 Å². The van der Waals surface area contributed by atoms with Crippen LogP contribution in [0.4, 0.5) is 0 Å². The summed E-state index contributed by atoms with van der Waals surface area (Å²) in [5.74, 6) is 1.48. The number of nitrogens with zero attached hydrogens (tertiary/aromatic N) is 1. The van der Waals surface area contributed by atoms with Crippen molar-refractivity contribution in [2.45, 2.75) is 18.8 Å². The molecular formula is C17H17NO2. The fourth-order valence-corrected chi connectivity index (χ4v) is 2.59. The highest BCUT2D eigenvalue weighted by Gasteiger charge is 2.43. The molecule has 1 aromatic heterocycles. The average Bonchev–Trinajstić information content (AvgIpc) is 3.29. The van der Waals surface area contributed by atoms with E-state index in [0.717, 1.165) is 12.0 Å². The fourth-order valence-electron chi connectivity index (χ4n) is 2.59. The van der Waals surface area contributed by atoms with E-state index in [0.29, 0.717) is 24.0 Å². The molecule has 1 aliphatic carbocycles. The molecule has 2 aromatic rings. The molecule has 102 valence electrons. The Labute approximate surface area is 118 Å². The minimum Gasteiger partial charge on any atom is -0.481 e. The van der Waals surface area contributed by atoms with Gasteiger partial charge in [-0.3, -0.25) is 4.79 Å². The van der Waals surface area contributed by atoms with Crippen molar-refractivity contribution in [3.05, 3.63) is 59.8 Å². The molecule has 0 radical (unpaired) electrons. The van der Waals surface area contributed by atoms with Gasteiger partial charge in [-0.1, -0.05) is 36.4 Å². The Bertz CT molecular complexity index is 592. The van der Waals surface area contributed by atoms with Crippen LogP contribution in [0.1, 0.15) is 23.5 Å². The van der Waals surface area contributed by atoms with Crippen LogP contribution in [0.5, 0.6) is 5.88 Å². The largest absolute Gasteiger partial charge is 0.481 e. The molecule has 3 nitrogen and oxygen atoms in total. The van der Waals surface area contributed by atoms with Crippen LogP contribution < -0.4 is 4.74 Å². The summed E-state index contributed by atoms with van der Waals surface area (Å²) in [5, 5.41) is 0. The first-order valence-electron chi connectivity index (χ1n) is 6.84. The van der Waals surface area contributed by atoms with Crippen molar-refractivity contribution < 1.29 is 9.53 Å². The molecule has 0 bridgehead atoms. The molecule has 1 heterocycles. The second kappa shape index (κ2) is 5.45. The van der Waals surface area contributed by atoms with Crippen LogP contribution in [0.25, 0.3) is 0 Å². The Hall–Kier alpha value is -2.16. The van der Waals surface area contributed by atoms with Crippen molar-refractivity contribution in [3.8, 4) is 5.88 Å². The molecule has 2 atom stereocenters. The lowest BCUT2D eigenvalue weighted by molar-refractivity contribution is -0.119. The first-order chi connectivity index (χ1) is 9.78. The van der Waals surface area contributed by atoms with Gasteiger partial charge in [0.2, 0.25) is 5.88 Å². The lowest BCUT2D eigenvalue weighted by Crippen LogP contribution is -2.06. The van der Waals surface area contributed by atoms with Crippen molar-refractivity contribution in [1.82, 2.24) is 4.98 Å². The third-order valence-electron chi connectivity index (χ3n) is 3.82. The molecule has 1 aromatic carbocycles. The summed E-state index contributed by atoms with van der Waals surface area (Å²) in [5.41, 5.74) is 2.23. The van der Waals surface area contributed by atoms with Gasteiger partial charge in [-0.15, -0.1) is 0 Å². The van der Waals surface area contributed by atoms with Gasteiger partial charge >= 0.3 is 0 Å². The molecule has 1 saturated carbocycles. The summed E-state index contributed by atoms with van der Waals surface area (Å²) >= 11 is 0. The maximum Gasteiger partial charge on any atom is 0.212 e. The van der Waals surface area contributed by atoms with Crippen LogP contribution in [-0.2, 0) is 11.2 Å². The number of hydrogen-bond acceptors (Lipinski definition) is 3. The molecule has 20 heavy (non-hydrogen) atoms. The fraction of sp³-hybridized carbons (Fsp3) is 0.294. The quantitative estimate of drug-likeness (QED) is 0.836. The van der Waals surface area contributed by atoms with E-state index in [1.165, 1.54) is 5.56 Å². The topological polar surface area (TPSA) is 39.2 Å². The molecule has 0 spiro atoms. The third kappa shape index (κ3) is 2.72. The molecular weight excluding hydrogens is 250 g/mol. The standard InChI is InChI=1S/C17H17NO2/c1-20-17-8-7-12(11-18-17)9-16(19)15-10-14(15)13-5-3-2-4-6-13/h2-8,11,14-15H,9-10H2,1H3. The Morgan fingerprint density at radius 3 is 2.70 bits per heavy atom. The molecule has 0 N–H and O–H groups in total. The van der Waals surface area contributed by atoms with Gasteiger partial charge in [0.25, 0.3) is 0 Å². The van der Waals surface area contributed by atoms with Gasteiger partial charge in [-0.25, -0.2) is 4.98 Å². The number of carbonyl (C=O) groups excluding carboxylic acids is 1. The number of carbonyl (C=O) groups is 1. The van der Waals surface area contributed by atoms with Gasteiger partial charge in [-0.2, -0.15) is 0 Å². The van der Waals surface area contributed by atoms with E-state index < -0.39 is 0 Å². The highest BCUT2D eigenvalue weighted by Crippen LogP contribution is 2.48. The van der Waals surface area contributed by atoms with Crippen molar-refractivity contribution >= 4 is 5.78 Å². The van der Waals surface area contributed by atoms with Crippen molar-refractivity contribution in [1.29, 1.82) is 0 Å². The minimum absolute atomic E-state index is 0.180. The normalized spacial score (nSPS) is 20.4. The Morgan fingerprint density at radius 2 is 2.05 bits per heavy atom. The van der Waals surface area contributed by atoms with Gasteiger partial charge in [0.1, 0.15) is 5.78 Å². The van der Waals surface area contributed by atoms with E-state index in [2.05, 4.69) is 17.1 Å². The summed E-state index contributed by atoms with van der Waals surface area (Å²) in [7, 11) is 1.59. The summed E-state index contributed by atoms with van der Waals surface area (Å²) in [6.07, 6.45) is 3.16. The van der Waals surface area contributed by atoms with Crippen molar-refractivity contribution in [3.63, 3.8) is 0 Å². The first kappa shape index (κ1) is 12.9. The minimum atomic E-state index is 0.180.